The van der Waals surface area contributed by atoms with Gasteiger partial charge < -0.3 is 16.0 Å². The molecule has 1 saturated carbocycles. The molecule has 1 atom stereocenters. The molecule has 0 bridgehead atoms. The first-order chi connectivity index (χ1) is 15.9. The van der Waals surface area contributed by atoms with Crippen LogP contribution < -0.4 is 16.0 Å². The molecule has 2 aromatic rings. The summed E-state index contributed by atoms with van der Waals surface area (Å²) in [6.45, 7) is 3.13. The van der Waals surface area contributed by atoms with E-state index < -0.39 is 11.8 Å². The third-order valence-electron chi connectivity index (χ3n) is 5.19. The van der Waals surface area contributed by atoms with Crippen molar-refractivity contribution in [3.63, 3.8) is 0 Å². The summed E-state index contributed by atoms with van der Waals surface area (Å²) < 4.78 is 39.9. The lowest BCUT2D eigenvalue weighted by Crippen LogP contribution is -2.30. The van der Waals surface area contributed by atoms with Crippen LogP contribution in [0.2, 0.25) is 0 Å². The molecule has 6 nitrogen and oxygen atoms in total. The largest absolute Gasteiger partial charge is 0.369 e. The first kappa shape index (κ1) is 24.4. The molecule has 0 saturated heterocycles. The van der Waals surface area contributed by atoms with Crippen molar-refractivity contribution in [2.75, 3.05) is 23.7 Å². The molecule has 0 unspecified atom stereocenters. The number of nitrogens with zero attached hydrogens (tertiary/aromatic N) is 2. The van der Waals surface area contributed by atoms with E-state index in [2.05, 4.69) is 37.8 Å². The quantitative estimate of drug-likeness (QED) is 0.369. The van der Waals surface area contributed by atoms with Gasteiger partial charge in [0, 0.05) is 44.0 Å². The van der Waals surface area contributed by atoms with E-state index in [0.29, 0.717) is 48.9 Å². The van der Waals surface area contributed by atoms with Gasteiger partial charge in [-0.3, -0.25) is 4.79 Å². The van der Waals surface area contributed by atoms with Crippen LogP contribution in [0.15, 0.2) is 30.5 Å². The zero-order valence-electron chi connectivity index (χ0n) is 18.6. The van der Waals surface area contributed by atoms with E-state index in [-0.39, 0.29) is 31.0 Å². The predicted molar refractivity (Wildman–Crippen MR) is 122 cm³/mol. The number of unbranched alkanes of at least 4 members (excludes halogenated alkanes) is 1. The van der Waals surface area contributed by atoms with Crippen molar-refractivity contribution < 1.29 is 18.0 Å². The first-order valence-corrected chi connectivity index (χ1v) is 11.1. The fourth-order valence-corrected chi connectivity index (χ4v) is 3.47. The summed E-state index contributed by atoms with van der Waals surface area (Å²) in [5, 5.41) is 8.92. The van der Waals surface area contributed by atoms with Crippen molar-refractivity contribution in [3.05, 3.63) is 41.8 Å². The van der Waals surface area contributed by atoms with Gasteiger partial charge in [-0.2, -0.15) is 4.98 Å². The van der Waals surface area contributed by atoms with E-state index >= 15 is 0 Å². The minimum absolute atomic E-state index is 0.219. The first-order valence-electron chi connectivity index (χ1n) is 11.1. The summed E-state index contributed by atoms with van der Waals surface area (Å²) in [5.74, 6) is 3.00. The maximum absolute atomic E-state index is 13.4. The summed E-state index contributed by atoms with van der Waals surface area (Å²) in [6.07, 6.45) is 3.28. The average molecular weight is 460 g/mol. The zero-order valence-corrected chi connectivity index (χ0v) is 18.6. The third-order valence-corrected chi connectivity index (χ3v) is 5.19. The number of rotatable bonds is 9. The van der Waals surface area contributed by atoms with Gasteiger partial charge in [0.05, 0.1) is 11.8 Å². The Morgan fingerprint density at radius 3 is 2.88 bits per heavy atom. The van der Waals surface area contributed by atoms with Crippen molar-refractivity contribution in [1.29, 1.82) is 0 Å². The third kappa shape index (κ3) is 7.67. The number of carbonyl (C=O) groups excluding carboxylic acids is 1. The second kappa shape index (κ2) is 11.5. The molecule has 3 N–H and O–H groups in total. The van der Waals surface area contributed by atoms with Crippen LogP contribution in [-0.4, -0.2) is 34.9 Å². The minimum atomic E-state index is -2.72. The Hall–Kier alpha value is -3.28. The van der Waals surface area contributed by atoms with E-state index in [4.69, 9.17) is 0 Å². The summed E-state index contributed by atoms with van der Waals surface area (Å²) in [6, 6.07) is 6.03. The van der Waals surface area contributed by atoms with Gasteiger partial charge in [-0.15, -0.1) is 0 Å². The number of hydrogen-bond acceptors (Lipinski definition) is 5. The normalized spacial score (nSPS) is 16.5. The Morgan fingerprint density at radius 2 is 2.15 bits per heavy atom. The topological polar surface area (TPSA) is 78.9 Å². The molecule has 33 heavy (non-hydrogen) atoms. The molecule has 1 aliphatic carbocycles. The minimum Gasteiger partial charge on any atom is -0.369 e. The molecule has 1 aliphatic rings. The van der Waals surface area contributed by atoms with Crippen LogP contribution in [0.4, 0.5) is 30.6 Å². The fraction of sp³-hybridized carbons (Fsp3) is 0.458. The lowest BCUT2D eigenvalue weighted by Gasteiger charge is -2.11. The van der Waals surface area contributed by atoms with Gasteiger partial charge in [-0.25, -0.2) is 18.2 Å². The second-order valence-electron chi connectivity index (χ2n) is 8.01. The number of alkyl halides is 2. The summed E-state index contributed by atoms with van der Waals surface area (Å²) in [5.41, 5.74) is 1.17. The Balaban J connectivity index is 1.52. The molecule has 1 amide bonds. The SMILES string of the molecule is CCCNc1nc(Nc2cccc(F)c2)ncc1C#CCCCNC(=O)[C@H]1CCC(F)(F)C1. The molecule has 0 radical (unpaired) electrons. The van der Waals surface area contributed by atoms with Crippen LogP contribution >= 0.6 is 0 Å². The van der Waals surface area contributed by atoms with E-state index in [1.807, 2.05) is 6.92 Å². The Labute approximate surface area is 191 Å². The van der Waals surface area contributed by atoms with E-state index in [9.17, 15) is 18.0 Å². The summed E-state index contributed by atoms with van der Waals surface area (Å²) >= 11 is 0. The van der Waals surface area contributed by atoms with Gasteiger partial charge in [-0.1, -0.05) is 24.8 Å². The highest BCUT2D eigenvalue weighted by atomic mass is 19.3. The number of aromatic nitrogens is 2. The average Bonchev–Trinajstić information content (AvgIpc) is 3.15. The van der Waals surface area contributed by atoms with Gasteiger partial charge in [0.25, 0.3) is 0 Å². The highest BCUT2D eigenvalue weighted by molar-refractivity contribution is 5.79. The van der Waals surface area contributed by atoms with Crippen LogP contribution in [0.25, 0.3) is 0 Å². The number of halogens is 3. The van der Waals surface area contributed by atoms with Gasteiger partial charge in [0.2, 0.25) is 17.8 Å². The molecule has 1 aromatic heterocycles. The molecular weight excluding hydrogens is 431 g/mol. The molecule has 3 rings (SSSR count). The Morgan fingerprint density at radius 1 is 1.30 bits per heavy atom. The number of nitrogens with one attached hydrogen (secondary N) is 3. The summed E-state index contributed by atoms with van der Waals surface area (Å²) in [4.78, 5) is 20.7. The van der Waals surface area contributed by atoms with E-state index in [1.165, 1.54) is 12.1 Å². The molecule has 0 spiro atoms. The van der Waals surface area contributed by atoms with E-state index in [0.717, 1.165) is 6.42 Å². The van der Waals surface area contributed by atoms with Crippen LogP contribution in [0.5, 0.6) is 0 Å². The fourth-order valence-electron chi connectivity index (χ4n) is 3.47. The van der Waals surface area contributed by atoms with Gasteiger partial charge in [0.1, 0.15) is 11.6 Å². The number of benzene rings is 1. The van der Waals surface area contributed by atoms with Gasteiger partial charge >= 0.3 is 0 Å². The number of amides is 1. The van der Waals surface area contributed by atoms with E-state index in [1.54, 1.807) is 18.3 Å². The van der Waals surface area contributed by atoms with Crippen LogP contribution in [-0.2, 0) is 4.79 Å². The smallest absolute Gasteiger partial charge is 0.248 e. The standard InChI is InChI=1S/C24H28F3N5O/c1-2-12-28-21-18(16-30-23(32-21)31-20-9-6-8-19(25)14-20)7-4-3-5-13-29-22(33)17-10-11-24(26,27)15-17/h6,8-9,14,16-17H,2-3,5,10-13,15H2,1H3,(H,29,33)(H2,28,30,31,32)/t17-/m0/s1. The zero-order chi connectivity index (χ0) is 23.7. The monoisotopic (exact) mass is 459 g/mol. The lowest BCUT2D eigenvalue weighted by atomic mass is 10.1. The van der Waals surface area contributed by atoms with Crippen molar-refractivity contribution in [2.45, 2.75) is 51.4 Å². The summed E-state index contributed by atoms with van der Waals surface area (Å²) in [7, 11) is 0. The molecule has 1 heterocycles. The molecule has 1 fully saturated rings. The number of hydrogen-bond donors (Lipinski definition) is 3. The lowest BCUT2D eigenvalue weighted by molar-refractivity contribution is -0.125. The second-order valence-corrected chi connectivity index (χ2v) is 8.01. The van der Waals surface area contributed by atoms with Crippen LogP contribution in [0.3, 0.4) is 0 Å². The van der Waals surface area contributed by atoms with Crippen molar-refractivity contribution in [1.82, 2.24) is 15.3 Å². The highest BCUT2D eigenvalue weighted by Gasteiger charge is 2.42. The van der Waals surface area contributed by atoms with Crippen molar-refractivity contribution in [3.8, 4) is 11.8 Å². The molecule has 9 heteroatoms. The van der Waals surface area contributed by atoms with Crippen LogP contribution in [0.1, 0.15) is 51.0 Å². The Bertz CT molecular complexity index is 1020. The molecule has 1 aromatic carbocycles. The maximum Gasteiger partial charge on any atom is 0.248 e. The number of carbonyl (C=O) groups is 1. The molecule has 0 aliphatic heterocycles. The van der Waals surface area contributed by atoms with Gasteiger partial charge in [0.15, 0.2) is 0 Å². The maximum atomic E-state index is 13.4. The molecular formula is C24H28F3N5O. The molecule has 176 valence electrons. The van der Waals surface area contributed by atoms with Crippen LogP contribution in [0, 0.1) is 23.6 Å². The predicted octanol–water partition coefficient (Wildman–Crippen LogP) is 4.86. The van der Waals surface area contributed by atoms with Crippen molar-refractivity contribution >= 4 is 23.4 Å². The van der Waals surface area contributed by atoms with Crippen molar-refractivity contribution in [2.24, 2.45) is 5.92 Å². The number of anilines is 3. The Kier molecular flexibility index (Phi) is 8.52. The highest BCUT2D eigenvalue weighted by Crippen LogP contribution is 2.38. The van der Waals surface area contributed by atoms with Gasteiger partial charge in [-0.05, 0) is 37.5 Å².